The van der Waals surface area contributed by atoms with Gasteiger partial charge in [-0.05, 0) is 32.9 Å². The predicted octanol–water partition coefficient (Wildman–Crippen LogP) is 3.20. The Morgan fingerprint density at radius 1 is 1.56 bits per heavy atom. The molecule has 0 aliphatic rings. The van der Waals surface area contributed by atoms with Crippen molar-refractivity contribution in [3.63, 3.8) is 0 Å². The minimum absolute atomic E-state index is 0.0747. The molecular weight excluding hydrogens is 222 g/mol. The van der Waals surface area contributed by atoms with Gasteiger partial charge in [-0.3, -0.25) is 4.68 Å². The zero-order valence-electron chi connectivity index (χ0n) is 12.2. The molecule has 1 aromatic heterocycles. The van der Waals surface area contributed by atoms with Crippen molar-refractivity contribution < 1.29 is 0 Å². The van der Waals surface area contributed by atoms with Crippen molar-refractivity contribution in [3.8, 4) is 0 Å². The molecule has 3 heteroatoms. The maximum atomic E-state index is 4.61. The lowest BCUT2D eigenvalue weighted by Crippen LogP contribution is -2.32. The average molecular weight is 249 g/mol. The van der Waals surface area contributed by atoms with Gasteiger partial charge in [-0.2, -0.15) is 5.10 Å². The first-order chi connectivity index (χ1) is 8.50. The van der Waals surface area contributed by atoms with Crippen molar-refractivity contribution >= 4 is 0 Å². The van der Waals surface area contributed by atoms with E-state index in [0.29, 0.717) is 6.04 Å². The fourth-order valence-corrected chi connectivity index (χ4v) is 1.93. The molecule has 3 nitrogen and oxygen atoms in total. The lowest BCUT2D eigenvalue weighted by Gasteiger charge is -2.25. The number of nitrogens with zero attached hydrogens (tertiary/aromatic N) is 2. The van der Waals surface area contributed by atoms with Crippen LogP contribution in [0.25, 0.3) is 0 Å². The van der Waals surface area contributed by atoms with E-state index < -0.39 is 0 Å². The second-order valence-electron chi connectivity index (χ2n) is 5.59. The minimum atomic E-state index is 0.0747. The Balaban J connectivity index is 2.62. The average Bonchev–Trinajstić information content (AvgIpc) is 2.78. The molecule has 1 unspecified atom stereocenters. The molecule has 102 valence electrons. The van der Waals surface area contributed by atoms with Crippen LogP contribution >= 0.6 is 0 Å². The number of rotatable bonds is 8. The summed E-state index contributed by atoms with van der Waals surface area (Å²) in [4.78, 5) is 0. The zero-order chi connectivity index (χ0) is 13.6. The van der Waals surface area contributed by atoms with Crippen LogP contribution in [-0.2, 0) is 6.42 Å². The lowest BCUT2D eigenvalue weighted by atomic mass is 9.85. The zero-order valence-corrected chi connectivity index (χ0v) is 12.2. The molecular formula is C15H27N3. The van der Waals surface area contributed by atoms with Crippen LogP contribution in [0.5, 0.6) is 0 Å². The van der Waals surface area contributed by atoms with Crippen LogP contribution in [-0.4, -0.2) is 22.9 Å². The van der Waals surface area contributed by atoms with Crippen LogP contribution in [0.15, 0.2) is 24.9 Å². The minimum Gasteiger partial charge on any atom is -0.316 e. The largest absolute Gasteiger partial charge is 0.316 e. The molecule has 0 radical (unpaired) electrons. The van der Waals surface area contributed by atoms with Gasteiger partial charge in [-0.25, -0.2) is 0 Å². The predicted molar refractivity (Wildman–Crippen MR) is 77.8 cm³/mol. The maximum absolute atomic E-state index is 4.61. The van der Waals surface area contributed by atoms with Crippen molar-refractivity contribution in [2.45, 2.75) is 46.6 Å². The second kappa shape index (κ2) is 6.74. The monoisotopic (exact) mass is 249 g/mol. The van der Waals surface area contributed by atoms with E-state index in [9.17, 15) is 0 Å². The molecule has 0 spiro atoms. The third-order valence-electron chi connectivity index (χ3n) is 3.23. The Hall–Kier alpha value is -1.09. The summed E-state index contributed by atoms with van der Waals surface area (Å²) in [6, 6.07) is 2.54. The first-order valence-electron chi connectivity index (χ1n) is 6.89. The van der Waals surface area contributed by atoms with E-state index in [1.807, 2.05) is 10.8 Å². The van der Waals surface area contributed by atoms with Gasteiger partial charge in [0, 0.05) is 30.6 Å². The van der Waals surface area contributed by atoms with Gasteiger partial charge in [0.1, 0.15) is 0 Å². The van der Waals surface area contributed by atoms with E-state index in [-0.39, 0.29) is 5.41 Å². The van der Waals surface area contributed by atoms with E-state index in [1.54, 1.807) is 0 Å². The highest BCUT2D eigenvalue weighted by Gasteiger charge is 2.21. The Bertz CT molecular complexity index is 368. The quantitative estimate of drug-likeness (QED) is 0.566. The Morgan fingerprint density at radius 3 is 2.78 bits per heavy atom. The van der Waals surface area contributed by atoms with Crippen molar-refractivity contribution in [1.82, 2.24) is 15.1 Å². The first kappa shape index (κ1) is 15.0. The highest BCUT2D eigenvalue weighted by atomic mass is 15.3. The first-order valence-corrected chi connectivity index (χ1v) is 6.89. The summed E-state index contributed by atoms with van der Waals surface area (Å²) in [6.07, 6.45) is 6.20. The van der Waals surface area contributed by atoms with Gasteiger partial charge in [0.2, 0.25) is 0 Å². The van der Waals surface area contributed by atoms with Crippen molar-refractivity contribution in [3.05, 3.63) is 30.6 Å². The molecule has 1 rings (SSSR count). The smallest absolute Gasteiger partial charge is 0.0633 e. The number of aromatic nitrogens is 2. The molecule has 1 aromatic rings. The molecule has 0 aliphatic carbocycles. The molecule has 0 bridgehead atoms. The lowest BCUT2D eigenvalue weighted by molar-refractivity contribution is 0.384. The van der Waals surface area contributed by atoms with Gasteiger partial charge in [-0.15, -0.1) is 6.58 Å². The molecule has 0 saturated carbocycles. The fraction of sp³-hybridized carbons (Fsp3) is 0.667. The molecule has 18 heavy (non-hydrogen) atoms. The molecule has 0 amide bonds. The van der Waals surface area contributed by atoms with Gasteiger partial charge < -0.3 is 5.32 Å². The standard InChI is InChI=1S/C15H27N3/c1-6-9-16-12-15(5,7-2)11-14-8-10-18(17-14)13(3)4/h7-8,10,13,16H,2,6,9,11-12H2,1,3-5H3. The topological polar surface area (TPSA) is 29.9 Å². The Morgan fingerprint density at radius 2 is 2.28 bits per heavy atom. The third kappa shape index (κ3) is 4.30. The molecule has 1 N–H and O–H groups in total. The summed E-state index contributed by atoms with van der Waals surface area (Å²) in [6.45, 7) is 14.7. The van der Waals surface area contributed by atoms with Crippen LogP contribution in [0, 0.1) is 5.41 Å². The normalized spacial score (nSPS) is 14.7. The van der Waals surface area contributed by atoms with Gasteiger partial charge >= 0.3 is 0 Å². The van der Waals surface area contributed by atoms with Crippen molar-refractivity contribution in [1.29, 1.82) is 0 Å². The second-order valence-corrected chi connectivity index (χ2v) is 5.59. The number of hydrogen-bond donors (Lipinski definition) is 1. The van der Waals surface area contributed by atoms with Crippen LogP contribution in [0.2, 0.25) is 0 Å². The SMILES string of the molecule is C=CC(C)(CNCCC)Cc1ccn(C(C)C)n1. The summed E-state index contributed by atoms with van der Waals surface area (Å²) in [5.41, 5.74) is 1.22. The van der Waals surface area contributed by atoms with E-state index in [1.165, 1.54) is 0 Å². The third-order valence-corrected chi connectivity index (χ3v) is 3.23. The summed E-state index contributed by atoms with van der Waals surface area (Å²) < 4.78 is 2.01. The number of hydrogen-bond acceptors (Lipinski definition) is 2. The molecule has 0 saturated heterocycles. The molecule has 1 atom stereocenters. The maximum Gasteiger partial charge on any atom is 0.0633 e. The fourth-order valence-electron chi connectivity index (χ4n) is 1.93. The molecule has 0 aromatic carbocycles. The molecule has 0 aliphatic heterocycles. The molecule has 1 heterocycles. The van der Waals surface area contributed by atoms with Crippen LogP contribution in [0.4, 0.5) is 0 Å². The van der Waals surface area contributed by atoms with E-state index in [4.69, 9.17) is 0 Å². The highest BCUT2D eigenvalue weighted by Crippen LogP contribution is 2.22. The highest BCUT2D eigenvalue weighted by molar-refractivity contribution is 5.08. The van der Waals surface area contributed by atoms with Crippen molar-refractivity contribution in [2.24, 2.45) is 5.41 Å². The molecule has 0 fully saturated rings. The van der Waals surface area contributed by atoms with E-state index in [2.05, 4.69) is 57.0 Å². The Labute approximate surface area is 111 Å². The van der Waals surface area contributed by atoms with Crippen LogP contribution in [0.3, 0.4) is 0 Å². The van der Waals surface area contributed by atoms with Crippen LogP contribution in [0.1, 0.15) is 45.9 Å². The Kier molecular flexibility index (Phi) is 5.60. The van der Waals surface area contributed by atoms with E-state index >= 15 is 0 Å². The summed E-state index contributed by atoms with van der Waals surface area (Å²) >= 11 is 0. The van der Waals surface area contributed by atoms with Crippen molar-refractivity contribution in [2.75, 3.05) is 13.1 Å². The van der Waals surface area contributed by atoms with Crippen LogP contribution < -0.4 is 5.32 Å². The summed E-state index contributed by atoms with van der Waals surface area (Å²) in [5.74, 6) is 0. The van der Waals surface area contributed by atoms with Gasteiger partial charge in [0.15, 0.2) is 0 Å². The van der Waals surface area contributed by atoms with E-state index in [0.717, 1.165) is 31.6 Å². The van der Waals surface area contributed by atoms with Gasteiger partial charge in [0.25, 0.3) is 0 Å². The summed E-state index contributed by atoms with van der Waals surface area (Å²) in [5, 5.41) is 8.08. The van der Waals surface area contributed by atoms with Gasteiger partial charge in [0.05, 0.1) is 5.69 Å². The van der Waals surface area contributed by atoms with Gasteiger partial charge in [-0.1, -0.05) is 19.9 Å². The number of nitrogens with one attached hydrogen (secondary N) is 1. The summed E-state index contributed by atoms with van der Waals surface area (Å²) in [7, 11) is 0.